The van der Waals surface area contributed by atoms with Crippen molar-refractivity contribution in [1.82, 2.24) is 9.47 Å². The van der Waals surface area contributed by atoms with E-state index >= 15 is 0 Å². The molecule has 1 aromatic carbocycles. The van der Waals surface area contributed by atoms with E-state index in [0.717, 1.165) is 43.2 Å². The summed E-state index contributed by atoms with van der Waals surface area (Å²) in [6.07, 6.45) is 1.18. The van der Waals surface area contributed by atoms with E-state index in [2.05, 4.69) is 17.0 Å². The van der Waals surface area contributed by atoms with E-state index in [0.29, 0.717) is 11.8 Å². The maximum Gasteiger partial charge on any atom is 0.250 e. The van der Waals surface area contributed by atoms with E-state index in [4.69, 9.17) is 9.47 Å². The lowest BCUT2D eigenvalue weighted by Gasteiger charge is -2.42. The van der Waals surface area contributed by atoms with Gasteiger partial charge < -0.3 is 14.0 Å². The number of methoxy groups -OCH3 is 2. The first-order valence-corrected chi connectivity index (χ1v) is 8.81. The molecule has 5 nitrogen and oxygen atoms in total. The van der Waals surface area contributed by atoms with E-state index in [1.54, 1.807) is 20.3 Å². The Morgan fingerprint density at radius 3 is 2.68 bits per heavy atom. The van der Waals surface area contributed by atoms with Crippen LogP contribution >= 0.6 is 0 Å². The number of pyridine rings is 1. The molecule has 5 heteroatoms. The second kappa shape index (κ2) is 6.56. The quantitative estimate of drug-likeness (QED) is 0.858. The molecule has 3 heterocycles. The van der Waals surface area contributed by atoms with Gasteiger partial charge >= 0.3 is 0 Å². The van der Waals surface area contributed by atoms with Gasteiger partial charge in [-0.3, -0.25) is 9.69 Å². The van der Waals surface area contributed by atoms with Gasteiger partial charge in [-0.05, 0) is 24.5 Å². The summed E-state index contributed by atoms with van der Waals surface area (Å²) in [6, 6.07) is 11.7. The summed E-state index contributed by atoms with van der Waals surface area (Å²) < 4.78 is 13.0. The van der Waals surface area contributed by atoms with E-state index in [1.807, 2.05) is 22.8 Å². The normalized spacial score (nSPS) is 22.3. The number of likely N-dealkylation sites (tertiary alicyclic amines) is 1. The molecule has 2 aromatic rings. The molecule has 0 spiro atoms. The summed E-state index contributed by atoms with van der Waals surface area (Å²) in [6.45, 7) is 3.65. The second-order valence-corrected chi connectivity index (χ2v) is 7.04. The molecule has 4 rings (SSSR count). The monoisotopic (exact) mass is 340 g/mol. The molecule has 2 aliphatic rings. The summed E-state index contributed by atoms with van der Waals surface area (Å²) in [7, 11) is 3.36. The lowest BCUT2D eigenvalue weighted by atomic mass is 9.83. The minimum absolute atomic E-state index is 0.134. The fourth-order valence-corrected chi connectivity index (χ4v) is 4.44. The van der Waals surface area contributed by atoms with Crippen LogP contribution in [0.25, 0.3) is 0 Å². The van der Waals surface area contributed by atoms with Gasteiger partial charge in [0.1, 0.15) is 0 Å². The number of hydrogen-bond donors (Lipinski definition) is 0. The molecule has 1 saturated heterocycles. The molecule has 132 valence electrons. The van der Waals surface area contributed by atoms with Gasteiger partial charge in [0, 0.05) is 49.4 Å². The van der Waals surface area contributed by atoms with Crippen LogP contribution in [0.4, 0.5) is 0 Å². The number of para-hydroxylation sites is 1. The minimum atomic E-state index is 0.134. The molecule has 1 aromatic heterocycles. The van der Waals surface area contributed by atoms with Crippen molar-refractivity contribution in [2.45, 2.75) is 25.4 Å². The fraction of sp³-hybridized carbons (Fsp3) is 0.450. The number of hydrogen-bond acceptors (Lipinski definition) is 4. The average Bonchev–Trinajstić information content (AvgIpc) is 2.62. The van der Waals surface area contributed by atoms with E-state index in [9.17, 15) is 4.79 Å². The Kier molecular flexibility index (Phi) is 4.25. The first kappa shape index (κ1) is 16.2. The third-order valence-corrected chi connectivity index (χ3v) is 5.43. The predicted octanol–water partition coefficient (Wildman–Crippen LogP) is 2.48. The van der Waals surface area contributed by atoms with Crippen molar-refractivity contribution in [3.8, 4) is 11.5 Å². The number of rotatable bonds is 4. The molecule has 0 amide bonds. The molecule has 1 fully saturated rings. The van der Waals surface area contributed by atoms with Crippen LogP contribution in [-0.2, 0) is 13.1 Å². The summed E-state index contributed by atoms with van der Waals surface area (Å²) in [5.74, 6) is 2.55. The second-order valence-electron chi connectivity index (χ2n) is 7.04. The highest BCUT2D eigenvalue weighted by Crippen LogP contribution is 2.37. The molecule has 0 N–H and O–H groups in total. The molecule has 0 unspecified atom stereocenters. The number of ether oxygens (including phenoxy) is 2. The maximum absolute atomic E-state index is 12.1. The van der Waals surface area contributed by atoms with E-state index in [-0.39, 0.29) is 5.56 Å². The van der Waals surface area contributed by atoms with Crippen molar-refractivity contribution in [3.63, 3.8) is 0 Å². The number of aromatic nitrogens is 1. The van der Waals surface area contributed by atoms with Crippen LogP contribution in [0.5, 0.6) is 11.5 Å². The zero-order valence-corrected chi connectivity index (χ0v) is 14.8. The van der Waals surface area contributed by atoms with Crippen LogP contribution in [0.1, 0.15) is 23.6 Å². The van der Waals surface area contributed by atoms with Crippen LogP contribution in [0.2, 0.25) is 0 Å². The van der Waals surface area contributed by atoms with Crippen molar-refractivity contribution in [3.05, 3.63) is 58.0 Å². The Bertz CT molecular complexity index is 830. The Labute approximate surface area is 147 Å². The van der Waals surface area contributed by atoms with Gasteiger partial charge in [-0.1, -0.05) is 18.2 Å². The Morgan fingerprint density at radius 1 is 1.04 bits per heavy atom. The topological polar surface area (TPSA) is 43.7 Å². The largest absolute Gasteiger partial charge is 0.493 e. The first-order valence-electron chi connectivity index (χ1n) is 8.81. The van der Waals surface area contributed by atoms with Gasteiger partial charge in [-0.15, -0.1) is 0 Å². The summed E-state index contributed by atoms with van der Waals surface area (Å²) in [4.78, 5) is 14.6. The van der Waals surface area contributed by atoms with Crippen molar-refractivity contribution in [1.29, 1.82) is 0 Å². The third kappa shape index (κ3) is 2.93. The zero-order chi connectivity index (χ0) is 17.4. The van der Waals surface area contributed by atoms with Crippen LogP contribution in [0.3, 0.4) is 0 Å². The standard InChI is InChI=1S/C20H24N2O3/c1-24-18-7-3-5-15(20(18)25-2)12-21-10-14-9-16(13-21)17-6-4-8-19(23)22(17)11-14/h3-8,14,16H,9-13H2,1-2H3/t14-,16-/m1/s1. The highest BCUT2D eigenvalue weighted by atomic mass is 16.5. The summed E-state index contributed by atoms with van der Waals surface area (Å²) in [5, 5.41) is 0. The molecule has 2 aliphatic heterocycles. The highest BCUT2D eigenvalue weighted by Gasteiger charge is 2.34. The Balaban J connectivity index is 1.58. The Hall–Kier alpha value is -2.27. The molecule has 2 bridgehead atoms. The number of benzene rings is 1. The summed E-state index contributed by atoms with van der Waals surface area (Å²) in [5.41, 5.74) is 2.47. The fourth-order valence-electron chi connectivity index (χ4n) is 4.44. The number of fused-ring (bicyclic) bond motifs is 4. The lowest BCUT2D eigenvalue weighted by molar-refractivity contribution is 0.113. The molecule has 2 atom stereocenters. The van der Waals surface area contributed by atoms with Crippen molar-refractivity contribution >= 4 is 0 Å². The van der Waals surface area contributed by atoms with Crippen molar-refractivity contribution in [2.75, 3.05) is 27.3 Å². The average molecular weight is 340 g/mol. The smallest absolute Gasteiger partial charge is 0.250 e. The number of nitrogens with zero attached hydrogens (tertiary/aromatic N) is 2. The van der Waals surface area contributed by atoms with Gasteiger partial charge in [-0.2, -0.15) is 0 Å². The lowest BCUT2D eigenvalue weighted by Crippen LogP contribution is -2.46. The van der Waals surface area contributed by atoms with Crippen molar-refractivity contribution in [2.24, 2.45) is 5.92 Å². The van der Waals surface area contributed by atoms with Gasteiger partial charge in [0.2, 0.25) is 0 Å². The summed E-state index contributed by atoms with van der Waals surface area (Å²) >= 11 is 0. The molecule has 0 saturated carbocycles. The van der Waals surface area contributed by atoms with Crippen LogP contribution in [-0.4, -0.2) is 36.8 Å². The third-order valence-electron chi connectivity index (χ3n) is 5.43. The van der Waals surface area contributed by atoms with E-state index in [1.165, 1.54) is 12.1 Å². The molecular weight excluding hydrogens is 316 g/mol. The van der Waals surface area contributed by atoms with Crippen LogP contribution in [0, 0.1) is 5.92 Å². The van der Waals surface area contributed by atoms with Crippen LogP contribution < -0.4 is 15.0 Å². The van der Waals surface area contributed by atoms with Gasteiger partial charge in [0.15, 0.2) is 11.5 Å². The highest BCUT2D eigenvalue weighted by molar-refractivity contribution is 5.46. The first-order chi connectivity index (χ1) is 12.2. The predicted molar refractivity (Wildman–Crippen MR) is 96.4 cm³/mol. The maximum atomic E-state index is 12.1. The van der Waals surface area contributed by atoms with Gasteiger partial charge in [-0.25, -0.2) is 0 Å². The van der Waals surface area contributed by atoms with Gasteiger partial charge in [0.25, 0.3) is 5.56 Å². The number of piperidine rings is 1. The van der Waals surface area contributed by atoms with Crippen LogP contribution in [0.15, 0.2) is 41.2 Å². The molecule has 25 heavy (non-hydrogen) atoms. The molecular formula is C20H24N2O3. The molecule has 0 aliphatic carbocycles. The minimum Gasteiger partial charge on any atom is -0.493 e. The zero-order valence-electron chi connectivity index (χ0n) is 14.8. The van der Waals surface area contributed by atoms with Crippen molar-refractivity contribution < 1.29 is 9.47 Å². The molecule has 0 radical (unpaired) electrons. The SMILES string of the molecule is COc1cccc(CN2C[C@H]3C[C@H](C2)c2cccc(=O)n2C3)c1OC. The Morgan fingerprint density at radius 2 is 1.88 bits per heavy atom. The van der Waals surface area contributed by atoms with Gasteiger partial charge in [0.05, 0.1) is 14.2 Å². The van der Waals surface area contributed by atoms with E-state index < -0.39 is 0 Å².